The molecule has 3 aliphatic carbocycles. The molecule has 18 heavy (non-hydrogen) atoms. The Kier molecular flexibility index (Phi) is 2.26. The zero-order chi connectivity index (χ0) is 13.6. The zero-order valence-electron chi connectivity index (χ0n) is 12.5. The third kappa shape index (κ3) is 1.06. The molecule has 0 aromatic heterocycles. The van der Waals surface area contributed by atoms with Crippen molar-refractivity contribution in [2.24, 2.45) is 28.1 Å². The van der Waals surface area contributed by atoms with Gasteiger partial charge in [0.1, 0.15) is 0 Å². The third-order valence-electron chi connectivity index (χ3n) is 7.92. The summed E-state index contributed by atoms with van der Waals surface area (Å²) >= 11 is 0. The Morgan fingerprint density at radius 1 is 1.06 bits per heavy atom. The predicted octanol–water partition coefficient (Wildman–Crippen LogP) is 2.97. The van der Waals surface area contributed by atoms with Gasteiger partial charge in [-0.05, 0) is 60.7 Å². The van der Waals surface area contributed by atoms with Gasteiger partial charge in [0.05, 0.1) is 11.7 Å². The summed E-state index contributed by atoms with van der Waals surface area (Å²) in [6.45, 7) is 11.3. The van der Waals surface area contributed by atoms with Crippen LogP contribution in [-0.2, 0) is 0 Å². The summed E-state index contributed by atoms with van der Waals surface area (Å²) in [4.78, 5) is 0. The molecule has 0 amide bonds. The molecule has 3 saturated carbocycles. The molecule has 3 rings (SSSR count). The van der Waals surface area contributed by atoms with E-state index in [0.29, 0.717) is 5.92 Å². The molecule has 0 radical (unpaired) electrons. The van der Waals surface area contributed by atoms with Gasteiger partial charge in [0, 0.05) is 0 Å². The molecule has 6 atom stereocenters. The molecule has 0 aromatic carbocycles. The lowest BCUT2D eigenvalue weighted by atomic mass is 9.57. The quantitative estimate of drug-likeness (QED) is 0.696. The normalized spacial score (nSPS) is 61.8. The van der Waals surface area contributed by atoms with Crippen molar-refractivity contribution in [3.8, 4) is 0 Å². The monoisotopic (exact) mass is 252 g/mol. The minimum atomic E-state index is -0.915. The molecular formula is C16H28O2. The molecule has 104 valence electrons. The van der Waals surface area contributed by atoms with E-state index in [2.05, 4.69) is 27.7 Å². The summed E-state index contributed by atoms with van der Waals surface area (Å²) in [5.74, 6) is 0.902. The van der Waals surface area contributed by atoms with Crippen molar-refractivity contribution < 1.29 is 10.2 Å². The van der Waals surface area contributed by atoms with Gasteiger partial charge in [0.2, 0.25) is 0 Å². The minimum absolute atomic E-state index is 0.110. The van der Waals surface area contributed by atoms with E-state index >= 15 is 0 Å². The van der Waals surface area contributed by atoms with Crippen molar-refractivity contribution in [2.45, 2.75) is 72.0 Å². The van der Waals surface area contributed by atoms with E-state index in [-0.39, 0.29) is 22.2 Å². The number of hydrogen-bond acceptors (Lipinski definition) is 2. The number of hydrogen-bond donors (Lipinski definition) is 2. The van der Waals surface area contributed by atoms with Gasteiger partial charge in [0.15, 0.2) is 0 Å². The van der Waals surface area contributed by atoms with Crippen molar-refractivity contribution >= 4 is 0 Å². The first-order valence-corrected chi connectivity index (χ1v) is 7.50. The lowest BCUT2D eigenvalue weighted by Gasteiger charge is -2.48. The van der Waals surface area contributed by atoms with Crippen LogP contribution in [0.15, 0.2) is 0 Å². The summed E-state index contributed by atoms with van der Waals surface area (Å²) in [5, 5.41) is 21.2. The Labute approximate surface area is 111 Å². The molecule has 2 N–H and O–H groups in total. The van der Waals surface area contributed by atoms with Gasteiger partial charge in [-0.2, -0.15) is 0 Å². The van der Waals surface area contributed by atoms with E-state index in [9.17, 15) is 10.2 Å². The standard InChI is InChI=1S/C16H28O2/c1-10-6-7-14(4)13(2,3)11-8-16(10,14)9-12(17)15(11,5)18/h10-12,17-18H,6-9H2,1-5H3/t10-,11+,12-,14+,15+,16-/m1/s1. The van der Waals surface area contributed by atoms with Gasteiger partial charge in [-0.15, -0.1) is 0 Å². The van der Waals surface area contributed by atoms with Crippen LogP contribution in [0.5, 0.6) is 0 Å². The topological polar surface area (TPSA) is 40.5 Å². The van der Waals surface area contributed by atoms with Crippen molar-refractivity contribution in [3.05, 3.63) is 0 Å². The molecule has 3 fully saturated rings. The highest BCUT2D eigenvalue weighted by Crippen LogP contribution is 2.79. The highest BCUT2D eigenvalue weighted by atomic mass is 16.3. The maximum atomic E-state index is 10.8. The van der Waals surface area contributed by atoms with Crippen molar-refractivity contribution in [1.29, 1.82) is 0 Å². The largest absolute Gasteiger partial charge is 0.390 e. The SMILES string of the molecule is C[C@@H]1CC[C@@]2(C)C(C)(C)[C@@H]3C[C@@]12C[C@@H](O)[C@@]3(C)O. The number of rotatable bonds is 0. The first-order chi connectivity index (χ1) is 8.09. The van der Waals surface area contributed by atoms with Crippen LogP contribution < -0.4 is 0 Å². The molecule has 0 heterocycles. The summed E-state index contributed by atoms with van der Waals surface area (Å²) in [5.41, 5.74) is -0.283. The van der Waals surface area contributed by atoms with Crippen molar-refractivity contribution in [1.82, 2.24) is 0 Å². The van der Waals surface area contributed by atoms with Gasteiger partial charge < -0.3 is 10.2 Å². The fourth-order valence-corrected chi connectivity index (χ4v) is 6.20. The summed E-state index contributed by atoms with van der Waals surface area (Å²) < 4.78 is 0. The second-order valence-electron chi connectivity index (χ2n) is 8.35. The van der Waals surface area contributed by atoms with Crippen LogP contribution in [0.4, 0.5) is 0 Å². The Morgan fingerprint density at radius 2 is 1.67 bits per heavy atom. The van der Waals surface area contributed by atoms with Gasteiger partial charge in [-0.25, -0.2) is 0 Å². The van der Waals surface area contributed by atoms with Gasteiger partial charge in [-0.1, -0.05) is 27.7 Å². The number of aliphatic hydroxyl groups excluding tert-OH is 1. The van der Waals surface area contributed by atoms with Crippen LogP contribution in [0.2, 0.25) is 0 Å². The summed E-state index contributed by atoms with van der Waals surface area (Å²) in [6.07, 6.45) is 3.86. The van der Waals surface area contributed by atoms with Gasteiger partial charge >= 0.3 is 0 Å². The summed E-state index contributed by atoms with van der Waals surface area (Å²) in [6, 6.07) is 0. The highest BCUT2D eigenvalue weighted by Gasteiger charge is 2.75. The lowest BCUT2D eigenvalue weighted by molar-refractivity contribution is -0.153. The average Bonchev–Trinajstić information content (AvgIpc) is 2.58. The molecule has 0 aromatic rings. The fraction of sp³-hybridized carbons (Fsp3) is 1.00. The lowest BCUT2D eigenvalue weighted by Crippen LogP contribution is -2.53. The third-order valence-corrected chi connectivity index (χ3v) is 7.92. The van der Waals surface area contributed by atoms with E-state index in [1.807, 2.05) is 6.92 Å². The highest BCUT2D eigenvalue weighted by molar-refractivity contribution is 5.24. The maximum absolute atomic E-state index is 10.8. The predicted molar refractivity (Wildman–Crippen MR) is 72.1 cm³/mol. The van der Waals surface area contributed by atoms with Gasteiger partial charge in [0.25, 0.3) is 0 Å². The molecule has 2 bridgehead atoms. The molecule has 3 aliphatic rings. The smallest absolute Gasteiger partial charge is 0.0911 e. The van der Waals surface area contributed by atoms with E-state index in [1.165, 1.54) is 12.8 Å². The zero-order valence-corrected chi connectivity index (χ0v) is 12.5. The van der Waals surface area contributed by atoms with Crippen LogP contribution in [0.1, 0.15) is 60.3 Å². The molecule has 0 aliphatic heterocycles. The number of fused-ring (bicyclic) bond motifs is 1. The Morgan fingerprint density at radius 3 is 2.28 bits per heavy atom. The van der Waals surface area contributed by atoms with Crippen LogP contribution in [0, 0.1) is 28.1 Å². The van der Waals surface area contributed by atoms with E-state index in [4.69, 9.17) is 0 Å². The molecule has 2 nitrogen and oxygen atoms in total. The van der Waals surface area contributed by atoms with E-state index in [0.717, 1.165) is 12.8 Å². The molecular weight excluding hydrogens is 224 g/mol. The maximum Gasteiger partial charge on any atom is 0.0911 e. The first-order valence-electron chi connectivity index (χ1n) is 7.50. The van der Waals surface area contributed by atoms with E-state index in [1.54, 1.807) is 0 Å². The molecule has 1 spiro atoms. The van der Waals surface area contributed by atoms with Crippen molar-refractivity contribution in [2.75, 3.05) is 0 Å². The second-order valence-corrected chi connectivity index (χ2v) is 8.35. The fourth-order valence-electron chi connectivity index (χ4n) is 6.20. The van der Waals surface area contributed by atoms with Crippen LogP contribution in [0.25, 0.3) is 0 Å². The molecule has 0 saturated heterocycles. The summed E-state index contributed by atoms with van der Waals surface area (Å²) in [7, 11) is 0. The van der Waals surface area contributed by atoms with E-state index < -0.39 is 11.7 Å². The minimum Gasteiger partial charge on any atom is -0.390 e. The number of aliphatic hydroxyl groups is 2. The Hall–Kier alpha value is -0.0800. The average molecular weight is 252 g/mol. The molecule has 0 unspecified atom stereocenters. The Balaban J connectivity index is 2.18. The Bertz CT molecular complexity index is 387. The van der Waals surface area contributed by atoms with Gasteiger partial charge in [-0.3, -0.25) is 0 Å². The molecule has 2 heteroatoms. The van der Waals surface area contributed by atoms with Crippen LogP contribution >= 0.6 is 0 Å². The van der Waals surface area contributed by atoms with Crippen molar-refractivity contribution in [3.63, 3.8) is 0 Å². The van der Waals surface area contributed by atoms with Crippen LogP contribution in [0.3, 0.4) is 0 Å². The second kappa shape index (κ2) is 3.15. The van der Waals surface area contributed by atoms with Crippen LogP contribution in [-0.4, -0.2) is 21.9 Å². The first kappa shape index (κ1) is 12.9.